The Balaban J connectivity index is 1.90. The number of hydrogen-bond acceptors (Lipinski definition) is 4. The van der Waals surface area contributed by atoms with Gasteiger partial charge in [-0.1, -0.05) is 12.1 Å². The SMILES string of the molecule is CCOC(=O)CN(CCc1ccc2c(c1)CCO2)C(C)C. The van der Waals surface area contributed by atoms with Gasteiger partial charge in [-0.2, -0.15) is 0 Å². The fourth-order valence-corrected chi connectivity index (χ4v) is 2.56. The molecule has 0 bridgehead atoms. The van der Waals surface area contributed by atoms with Gasteiger partial charge in [-0.05, 0) is 44.4 Å². The number of fused-ring (bicyclic) bond motifs is 1. The van der Waals surface area contributed by atoms with E-state index in [2.05, 4.69) is 36.9 Å². The molecule has 0 spiro atoms. The van der Waals surface area contributed by atoms with Crippen LogP contribution in [0.2, 0.25) is 0 Å². The highest BCUT2D eigenvalue weighted by atomic mass is 16.5. The van der Waals surface area contributed by atoms with E-state index in [-0.39, 0.29) is 5.97 Å². The average molecular weight is 291 g/mol. The lowest BCUT2D eigenvalue weighted by molar-refractivity contribution is -0.144. The Labute approximate surface area is 127 Å². The van der Waals surface area contributed by atoms with Crippen molar-refractivity contribution in [3.05, 3.63) is 29.3 Å². The molecule has 0 unspecified atom stereocenters. The lowest BCUT2D eigenvalue weighted by Crippen LogP contribution is -2.37. The molecular weight excluding hydrogens is 266 g/mol. The second-order valence-corrected chi connectivity index (χ2v) is 5.66. The monoisotopic (exact) mass is 291 g/mol. The Hall–Kier alpha value is -1.55. The average Bonchev–Trinajstić information content (AvgIpc) is 2.90. The molecule has 4 nitrogen and oxygen atoms in total. The first-order chi connectivity index (χ1) is 10.1. The van der Waals surface area contributed by atoms with E-state index in [9.17, 15) is 4.79 Å². The molecule has 0 aliphatic carbocycles. The first kappa shape index (κ1) is 15.8. The zero-order chi connectivity index (χ0) is 15.2. The van der Waals surface area contributed by atoms with Crippen molar-refractivity contribution in [3.63, 3.8) is 0 Å². The number of ether oxygens (including phenoxy) is 2. The summed E-state index contributed by atoms with van der Waals surface area (Å²) in [7, 11) is 0. The Kier molecular flexibility index (Phi) is 5.62. The highest BCUT2D eigenvalue weighted by Crippen LogP contribution is 2.26. The Bertz CT molecular complexity index is 485. The number of carbonyl (C=O) groups excluding carboxylic acids is 1. The third kappa shape index (κ3) is 4.46. The summed E-state index contributed by atoms with van der Waals surface area (Å²) in [5.74, 6) is 0.875. The third-order valence-corrected chi connectivity index (χ3v) is 3.81. The maximum Gasteiger partial charge on any atom is 0.320 e. The quantitative estimate of drug-likeness (QED) is 0.723. The molecule has 0 radical (unpaired) electrons. The Morgan fingerprint density at radius 2 is 2.24 bits per heavy atom. The molecule has 0 N–H and O–H groups in total. The second kappa shape index (κ2) is 7.46. The molecule has 0 amide bonds. The van der Waals surface area contributed by atoms with Gasteiger partial charge in [0.2, 0.25) is 0 Å². The normalized spacial score (nSPS) is 13.4. The smallest absolute Gasteiger partial charge is 0.320 e. The second-order valence-electron chi connectivity index (χ2n) is 5.66. The van der Waals surface area contributed by atoms with Crippen LogP contribution >= 0.6 is 0 Å². The van der Waals surface area contributed by atoms with Crippen LogP contribution in [-0.2, 0) is 22.4 Å². The van der Waals surface area contributed by atoms with Crippen molar-refractivity contribution in [2.45, 2.75) is 39.7 Å². The molecule has 0 aromatic heterocycles. The Morgan fingerprint density at radius 3 is 2.95 bits per heavy atom. The molecule has 1 aromatic carbocycles. The fraction of sp³-hybridized carbons (Fsp3) is 0.588. The Morgan fingerprint density at radius 1 is 1.43 bits per heavy atom. The fourth-order valence-electron chi connectivity index (χ4n) is 2.56. The number of rotatable bonds is 7. The number of esters is 1. The zero-order valence-electron chi connectivity index (χ0n) is 13.2. The molecule has 21 heavy (non-hydrogen) atoms. The van der Waals surface area contributed by atoms with Crippen LogP contribution in [0.4, 0.5) is 0 Å². The maximum absolute atomic E-state index is 11.6. The van der Waals surface area contributed by atoms with Gasteiger partial charge in [0.1, 0.15) is 5.75 Å². The molecule has 116 valence electrons. The van der Waals surface area contributed by atoms with Gasteiger partial charge in [0.05, 0.1) is 19.8 Å². The molecule has 1 aromatic rings. The zero-order valence-corrected chi connectivity index (χ0v) is 13.2. The van der Waals surface area contributed by atoms with Gasteiger partial charge in [-0.3, -0.25) is 9.69 Å². The lowest BCUT2D eigenvalue weighted by Gasteiger charge is -2.25. The highest BCUT2D eigenvalue weighted by molar-refractivity contribution is 5.71. The lowest BCUT2D eigenvalue weighted by atomic mass is 10.1. The summed E-state index contributed by atoms with van der Waals surface area (Å²) < 4.78 is 10.6. The molecule has 2 rings (SSSR count). The van der Waals surface area contributed by atoms with E-state index in [1.807, 2.05) is 6.92 Å². The number of hydrogen-bond donors (Lipinski definition) is 0. The molecule has 1 aliphatic heterocycles. The van der Waals surface area contributed by atoms with E-state index in [1.165, 1.54) is 11.1 Å². The molecular formula is C17H25NO3. The summed E-state index contributed by atoms with van der Waals surface area (Å²) in [6, 6.07) is 6.73. The van der Waals surface area contributed by atoms with Crippen LogP contribution in [0.15, 0.2) is 18.2 Å². The predicted octanol–water partition coefficient (Wildman–Crippen LogP) is 2.44. The standard InChI is InChI=1S/C17H25NO3/c1-4-20-17(19)12-18(13(2)3)9-7-14-5-6-16-15(11-14)8-10-21-16/h5-6,11,13H,4,7-10,12H2,1-3H3. The van der Waals surface area contributed by atoms with E-state index in [1.54, 1.807) is 0 Å². The summed E-state index contributed by atoms with van der Waals surface area (Å²) in [4.78, 5) is 13.8. The molecule has 0 fully saturated rings. The van der Waals surface area contributed by atoms with Crippen LogP contribution in [0.3, 0.4) is 0 Å². The molecule has 0 saturated heterocycles. The van der Waals surface area contributed by atoms with Crippen LogP contribution < -0.4 is 4.74 Å². The van der Waals surface area contributed by atoms with E-state index in [0.29, 0.717) is 19.2 Å². The first-order valence-corrected chi connectivity index (χ1v) is 7.74. The van der Waals surface area contributed by atoms with Crippen molar-refractivity contribution in [2.75, 3.05) is 26.3 Å². The van der Waals surface area contributed by atoms with Crippen molar-refractivity contribution in [1.29, 1.82) is 0 Å². The van der Waals surface area contributed by atoms with Crippen LogP contribution in [0.5, 0.6) is 5.75 Å². The van der Waals surface area contributed by atoms with Crippen molar-refractivity contribution in [3.8, 4) is 5.75 Å². The van der Waals surface area contributed by atoms with Crippen molar-refractivity contribution in [2.24, 2.45) is 0 Å². The van der Waals surface area contributed by atoms with Crippen LogP contribution in [0, 0.1) is 0 Å². The van der Waals surface area contributed by atoms with E-state index >= 15 is 0 Å². The van der Waals surface area contributed by atoms with Crippen LogP contribution in [0.1, 0.15) is 31.9 Å². The predicted molar refractivity (Wildman–Crippen MR) is 82.7 cm³/mol. The minimum Gasteiger partial charge on any atom is -0.493 e. The van der Waals surface area contributed by atoms with Crippen LogP contribution in [-0.4, -0.2) is 43.2 Å². The molecule has 1 heterocycles. The van der Waals surface area contributed by atoms with E-state index < -0.39 is 0 Å². The van der Waals surface area contributed by atoms with Gasteiger partial charge in [-0.15, -0.1) is 0 Å². The van der Waals surface area contributed by atoms with Gasteiger partial charge in [0.15, 0.2) is 0 Å². The van der Waals surface area contributed by atoms with Crippen LogP contribution in [0.25, 0.3) is 0 Å². The van der Waals surface area contributed by atoms with Gasteiger partial charge in [0, 0.05) is 19.0 Å². The van der Waals surface area contributed by atoms with E-state index in [0.717, 1.165) is 31.7 Å². The minimum atomic E-state index is -0.145. The van der Waals surface area contributed by atoms with Crippen molar-refractivity contribution in [1.82, 2.24) is 4.90 Å². The van der Waals surface area contributed by atoms with Crippen molar-refractivity contribution < 1.29 is 14.3 Å². The number of benzene rings is 1. The highest BCUT2D eigenvalue weighted by Gasteiger charge is 2.16. The number of carbonyl (C=O) groups is 1. The summed E-state index contributed by atoms with van der Waals surface area (Å²) in [5.41, 5.74) is 2.60. The topological polar surface area (TPSA) is 38.8 Å². The van der Waals surface area contributed by atoms with Gasteiger partial charge in [0.25, 0.3) is 0 Å². The van der Waals surface area contributed by atoms with E-state index in [4.69, 9.17) is 9.47 Å². The minimum absolute atomic E-state index is 0.145. The molecule has 1 aliphatic rings. The summed E-state index contributed by atoms with van der Waals surface area (Å²) in [6.45, 7) is 8.50. The third-order valence-electron chi connectivity index (χ3n) is 3.81. The van der Waals surface area contributed by atoms with Gasteiger partial charge < -0.3 is 9.47 Å². The summed E-state index contributed by atoms with van der Waals surface area (Å²) in [6.07, 6.45) is 1.94. The largest absolute Gasteiger partial charge is 0.493 e. The van der Waals surface area contributed by atoms with Gasteiger partial charge in [-0.25, -0.2) is 0 Å². The first-order valence-electron chi connectivity index (χ1n) is 7.74. The molecule has 4 heteroatoms. The van der Waals surface area contributed by atoms with Crippen molar-refractivity contribution >= 4 is 5.97 Å². The maximum atomic E-state index is 11.6. The van der Waals surface area contributed by atoms with Gasteiger partial charge >= 0.3 is 5.97 Å². The molecule has 0 saturated carbocycles. The molecule has 0 atom stereocenters. The number of nitrogens with zero attached hydrogens (tertiary/aromatic N) is 1. The summed E-state index contributed by atoms with van der Waals surface area (Å²) in [5, 5.41) is 0. The summed E-state index contributed by atoms with van der Waals surface area (Å²) >= 11 is 0.